The minimum Gasteiger partial charge on any atom is -0.512 e. The third-order valence-electron chi connectivity index (χ3n) is 7.17. The molecule has 3 aromatic carbocycles. The molecule has 0 atom stereocenters. The Bertz CT molecular complexity index is 1370. The molecule has 1 radical (unpaired) electrons. The predicted molar refractivity (Wildman–Crippen MR) is 163 cm³/mol. The van der Waals surface area contributed by atoms with E-state index in [2.05, 4.69) is 120 Å². The Hall–Kier alpha value is -2.33. The van der Waals surface area contributed by atoms with Crippen LogP contribution in [0.5, 0.6) is 0 Å². The number of fused-ring (bicyclic) bond motifs is 2. The molecule has 1 heterocycles. The zero-order valence-electron chi connectivity index (χ0n) is 24.4. The van der Waals surface area contributed by atoms with Gasteiger partial charge in [0, 0.05) is 48.4 Å². The summed E-state index contributed by atoms with van der Waals surface area (Å²) in [5, 5.41) is 13.9. The Labute approximate surface area is 252 Å². The van der Waals surface area contributed by atoms with E-state index in [1.54, 1.807) is 11.5 Å². The summed E-state index contributed by atoms with van der Waals surface area (Å²) in [6.45, 7) is 16.6. The van der Waals surface area contributed by atoms with Gasteiger partial charge in [-0.05, 0) is 46.7 Å². The first-order chi connectivity index (χ1) is 18.0. The summed E-state index contributed by atoms with van der Waals surface area (Å²) in [7, 11) is 0. The van der Waals surface area contributed by atoms with Gasteiger partial charge in [0.25, 0.3) is 0 Å². The molecule has 0 spiro atoms. The number of hydrogen-bond donors (Lipinski definition) is 1. The van der Waals surface area contributed by atoms with Gasteiger partial charge < -0.3 is 5.11 Å². The molecule has 0 bridgehead atoms. The summed E-state index contributed by atoms with van der Waals surface area (Å²) in [5.74, 6) is 1.63. The zero-order valence-corrected chi connectivity index (χ0v) is 27.6. The van der Waals surface area contributed by atoms with Crippen LogP contribution in [0.3, 0.4) is 0 Å². The minimum atomic E-state index is -0.0119. The molecule has 0 amide bonds. The second-order valence-corrected chi connectivity index (χ2v) is 12.3. The number of carbonyl (C=O) groups is 1. The SMILES string of the molecule is CC(C)C(C(=O)/C=C(\O)C(C(C)C)C(C)C)C(C)C.[Ir].[c-]1ccc2ccccc2c1-c1nsc2ccccc12. The first-order valence-corrected chi connectivity index (χ1v) is 14.5. The maximum absolute atomic E-state index is 12.3. The van der Waals surface area contributed by atoms with Gasteiger partial charge in [0.2, 0.25) is 0 Å². The molecule has 0 aliphatic rings. The van der Waals surface area contributed by atoms with E-state index in [9.17, 15) is 9.90 Å². The third-order valence-corrected chi connectivity index (χ3v) is 7.99. The molecule has 1 aromatic heterocycles. The molecular formula is C34H42IrNO2S-. The first-order valence-electron chi connectivity index (χ1n) is 13.7. The van der Waals surface area contributed by atoms with Gasteiger partial charge >= 0.3 is 0 Å². The van der Waals surface area contributed by atoms with Crippen LogP contribution in [0.4, 0.5) is 0 Å². The number of rotatable bonds is 8. The van der Waals surface area contributed by atoms with Crippen LogP contribution in [0.25, 0.3) is 32.1 Å². The Kier molecular flexibility index (Phi) is 12.5. The molecule has 4 rings (SSSR count). The number of allylic oxidation sites excluding steroid dienone is 2. The molecule has 0 saturated carbocycles. The average molecular weight is 721 g/mol. The van der Waals surface area contributed by atoms with Crippen molar-refractivity contribution in [1.29, 1.82) is 0 Å². The van der Waals surface area contributed by atoms with E-state index in [-0.39, 0.29) is 43.5 Å². The summed E-state index contributed by atoms with van der Waals surface area (Å²) in [4.78, 5) is 12.3. The van der Waals surface area contributed by atoms with Crippen molar-refractivity contribution >= 4 is 38.2 Å². The number of carbonyl (C=O) groups excluding carboxylic acids is 1. The van der Waals surface area contributed by atoms with Gasteiger partial charge in [0.05, 0.1) is 5.76 Å². The van der Waals surface area contributed by atoms with E-state index in [0.717, 1.165) is 11.3 Å². The Morgan fingerprint density at radius 1 is 0.795 bits per heavy atom. The zero-order chi connectivity index (χ0) is 28.0. The molecule has 0 aliphatic heterocycles. The van der Waals surface area contributed by atoms with Gasteiger partial charge in [-0.25, -0.2) is 4.37 Å². The number of aromatic nitrogens is 1. The van der Waals surface area contributed by atoms with Crippen molar-refractivity contribution in [1.82, 2.24) is 4.37 Å². The molecule has 39 heavy (non-hydrogen) atoms. The van der Waals surface area contributed by atoms with Gasteiger partial charge in [0.15, 0.2) is 5.78 Å². The van der Waals surface area contributed by atoms with Gasteiger partial charge in [0.1, 0.15) is 0 Å². The summed E-state index contributed by atoms with van der Waals surface area (Å²) < 4.78 is 5.85. The van der Waals surface area contributed by atoms with Gasteiger partial charge in [-0.1, -0.05) is 103 Å². The largest absolute Gasteiger partial charge is 0.512 e. The van der Waals surface area contributed by atoms with E-state index >= 15 is 0 Å². The summed E-state index contributed by atoms with van der Waals surface area (Å²) in [6.07, 6.45) is 1.48. The van der Waals surface area contributed by atoms with Crippen molar-refractivity contribution in [2.45, 2.75) is 55.4 Å². The van der Waals surface area contributed by atoms with Crippen molar-refractivity contribution in [2.24, 2.45) is 35.5 Å². The van der Waals surface area contributed by atoms with Crippen molar-refractivity contribution in [3.8, 4) is 11.3 Å². The second kappa shape index (κ2) is 14.9. The number of aliphatic hydroxyl groups excluding tert-OH is 1. The van der Waals surface area contributed by atoms with Gasteiger partial charge in [-0.15, -0.1) is 29.1 Å². The van der Waals surface area contributed by atoms with Crippen LogP contribution in [0.1, 0.15) is 55.4 Å². The monoisotopic (exact) mass is 721 g/mol. The van der Waals surface area contributed by atoms with Crippen LogP contribution < -0.4 is 0 Å². The summed E-state index contributed by atoms with van der Waals surface area (Å²) >= 11 is 1.55. The number of benzene rings is 3. The summed E-state index contributed by atoms with van der Waals surface area (Å²) in [5.41, 5.74) is 2.13. The predicted octanol–water partition coefficient (Wildman–Crippen LogP) is 9.77. The molecule has 0 saturated heterocycles. The number of nitrogens with zero attached hydrogens (tertiary/aromatic N) is 1. The van der Waals surface area contributed by atoms with Gasteiger partial charge in [-0.3, -0.25) is 4.79 Å². The maximum Gasteiger partial charge on any atom is 0.162 e. The smallest absolute Gasteiger partial charge is 0.162 e. The van der Waals surface area contributed by atoms with Crippen LogP contribution in [0.2, 0.25) is 0 Å². The molecule has 211 valence electrons. The van der Waals surface area contributed by atoms with Gasteiger partial charge in [-0.2, -0.15) is 0 Å². The van der Waals surface area contributed by atoms with E-state index in [1.807, 2.05) is 6.07 Å². The van der Waals surface area contributed by atoms with Crippen LogP contribution in [0.15, 0.2) is 72.5 Å². The first kappa shape index (κ1) is 32.9. The van der Waals surface area contributed by atoms with Crippen LogP contribution in [-0.4, -0.2) is 15.3 Å². The molecule has 3 nitrogen and oxygen atoms in total. The second-order valence-electron chi connectivity index (χ2n) is 11.5. The van der Waals surface area contributed by atoms with E-state index in [0.29, 0.717) is 23.7 Å². The molecule has 1 N–H and O–H groups in total. The van der Waals surface area contributed by atoms with Crippen molar-refractivity contribution < 1.29 is 30.0 Å². The van der Waals surface area contributed by atoms with Crippen LogP contribution >= 0.6 is 11.5 Å². The van der Waals surface area contributed by atoms with Crippen LogP contribution in [0, 0.1) is 41.6 Å². The fraction of sp³-hybridized carbons (Fsp3) is 0.412. The molecular weight excluding hydrogens is 679 g/mol. The van der Waals surface area contributed by atoms with E-state index < -0.39 is 0 Å². The van der Waals surface area contributed by atoms with Crippen molar-refractivity contribution in [3.63, 3.8) is 0 Å². The molecule has 4 aromatic rings. The normalized spacial score (nSPS) is 12.1. The molecule has 0 unspecified atom stereocenters. The Morgan fingerprint density at radius 3 is 1.92 bits per heavy atom. The van der Waals surface area contributed by atoms with Crippen molar-refractivity contribution in [3.05, 3.63) is 78.6 Å². The standard InChI is InChI=1S/C17H10NS.C17H32O2.Ir/c1-2-8-13-12(6-1)7-5-10-14(13)17-15-9-3-4-11-16(15)19-18-17;1-10(2)16(11(3)4)14(18)9-15(19)17(12(5)6)13(7)8;/h1-9,11H;9-13,16-18H,1-8H3;/q-1;;/b;14-9-;. The maximum atomic E-state index is 12.3. The van der Waals surface area contributed by atoms with E-state index in [1.165, 1.54) is 26.9 Å². The Balaban J connectivity index is 0.000000267. The minimum absolute atomic E-state index is 0. The quantitative estimate of drug-likeness (QED) is 0.112. The topological polar surface area (TPSA) is 50.2 Å². The molecule has 0 aliphatic carbocycles. The van der Waals surface area contributed by atoms with E-state index in [4.69, 9.17) is 0 Å². The Morgan fingerprint density at radius 2 is 1.33 bits per heavy atom. The van der Waals surface area contributed by atoms with Crippen LogP contribution in [-0.2, 0) is 24.9 Å². The summed E-state index contributed by atoms with van der Waals surface area (Å²) in [6, 6.07) is 24.2. The average Bonchev–Trinajstić information content (AvgIpc) is 3.27. The van der Waals surface area contributed by atoms with Crippen molar-refractivity contribution in [2.75, 3.05) is 0 Å². The number of aliphatic hydroxyl groups is 1. The fourth-order valence-electron chi connectivity index (χ4n) is 5.64. The number of hydrogen-bond acceptors (Lipinski definition) is 4. The third kappa shape index (κ3) is 8.10. The molecule has 5 heteroatoms. The number of ketones is 1. The fourth-order valence-corrected chi connectivity index (χ4v) is 6.42. The molecule has 0 fully saturated rings.